The van der Waals surface area contributed by atoms with Gasteiger partial charge in [-0.1, -0.05) is 49.2 Å². The molecule has 0 radical (unpaired) electrons. The van der Waals surface area contributed by atoms with Crippen molar-refractivity contribution in [2.75, 3.05) is 54.1 Å². The quantitative estimate of drug-likeness (QED) is 0.185. The van der Waals surface area contributed by atoms with E-state index in [-0.39, 0.29) is 50.7 Å². The molecular weight excluding hydrogens is 540 g/mol. The summed E-state index contributed by atoms with van der Waals surface area (Å²) < 4.78 is 32.7. The van der Waals surface area contributed by atoms with Crippen LogP contribution in [-0.4, -0.2) is 87.9 Å². The number of para-hydroxylation sites is 2. The van der Waals surface area contributed by atoms with E-state index in [1.807, 2.05) is 62.4 Å². The molecule has 2 aromatic carbocycles. The first kappa shape index (κ1) is 33.3. The average molecular weight is 587 g/mol. The van der Waals surface area contributed by atoms with Crippen molar-refractivity contribution >= 4 is 11.9 Å². The van der Waals surface area contributed by atoms with Crippen LogP contribution in [0.4, 0.5) is 0 Å². The minimum Gasteiger partial charge on any atom is -0.467 e. The van der Waals surface area contributed by atoms with Crippen LogP contribution in [0.2, 0.25) is 0 Å². The maximum atomic E-state index is 12.9. The lowest BCUT2D eigenvalue weighted by Gasteiger charge is -2.44. The fourth-order valence-electron chi connectivity index (χ4n) is 5.50. The number of benzene rings is 2. The van der Waals surface area contributed by atoms with Crippen LogP contribution in [0.1, 0.15) is 50.7 Å². The van der Waals surface area contributed by atoms with Crippen molar-refractivity contribution in [3.8, 4) is 11.5 Å². The summed E-state index contributed by atoms with van der Waals surface area (Å²) in [6.07, 6.45) is 3.77. The van der Waals surface area contributed by atoms with E-state index in [0.717, 1.165) is 36.8 Å². The third-order valence-corrected chi connectivity index (χ3v) is 7.26. The summed E-state index contributed by atoms with van der Waals surface area (Å²) >= 11 is 0. The fourth-order valence-corrected chi connectivity index (χ4v) is 5.50. The van der Waals surface area contributed by atoms with Gasteiger partial charge in [0.25, 0.3) is 0 Å². The molecule has 1 saturated carbocycles. The van der Waals surface area contributed by atoms with E-state index >= 15 is 0 Å². The summed E-state index contributed by atoms with van der Waals surface area (Å²) in [5, 5.41) is 0. The minimum absolute atomic E-state index is 0.0277. The Kier molecular flexibility index (Phi) is 14.6. The van der Waals surface area contributed by atoms with Gasteiger partial charge in [-0.2, -0.15) is 0 Å². The first-order valence-corrected chi connectivity index (χ1v) is 14.7. The van der Waals surface area contributed by atoms with Crippen LogP contribution in [0.15, 0.2) is 48.5 Å². The molecule has 10 nitrogen and oxygen atoms in total. The van der Waals surface area contributed by atoms with Gasteiger partial charge >= 0.3 is 11.9 Å². The van der Waals surface area contributed by atoms with Gasteiger partial charge < -0.3 is 28.4 Å². The van der Waals surface area contributed by atoms with Gasteiger partial charge in [-0.3, -0.25) is 19.4 Å². The Balaban J connectivity index is 1.97. The van der Waals surface area contributed by atoms with Gasteiger partial charge in [-0.05, 0) is 38.8 Å². The summed E-state index contributed by atoms with van der Waals surface area (Å²) in [5.74, 6) is 0.834. The molecule has 0 aliphatic heterocycles. The van der Waals surface area contributed by atoms with E-state index in [1.165, 1.54) is 0 Å². The van der Waals surface area contributed by atoms with E-state index in [1.54, 1.807) is 14.2 Å². The average Bonchev–Trinajstić information content (AvgIpc) is 2.99. The molecule has 1 aliphatic rings. The first-order chi connectivity index (χ1) is 20.5. The molecule has 1 fully saturated rings. The van der Waals surface area contributed by atoms with Crippen molar-refractivity contribution < 1.29 is 38.0 Å². The maximum Gasteiger partial charge on any atom is 0.320 e. The normalized spacial score (nSPS) is 16.8. The van der Waals surface area contributed by atoms with Crippen molar-refractivity contribution in [1.82, 2.24) is 9.80 Å². The Bertz CT molecular complexity index is 1010. The van der Waals surface area contributed by atoms with Crippen LogP contribution < -0.4 is 9.47 Å². The number of methoxy groups -OCH3 is 2. The highest BCUT2D eigenvalue weighted by Gasteiger charge is 2.37. The number of rotatable bonds is 18. The first-order valence-electron chi connectivity index (χ1n) is 14.7. The summed E-state index contributed by atoms with van der Waals surface area (Å²) in [5.41, 5.74) is 1.89. The third-order valence-electron chi connectivity index (χ3n) is 7.26. The lowest BCUT2D eigenvalue weighted by atomic mass is 9.87. The van der Waals surface area contributed by atoms with E-state index in [9.17, 15) is 9.59 Å². The summed E-state index contributed by atoms with van der Waals surface area (Å²) in [6, 6.07) is 15.5. The molecule has 0 saturated heterocycles. The predicted molar refractivity (Wildman–Crippen MR) is 158 cm³/mol. The van der Waals surface area contributed by atoms with E-state index in [0.29, 0.717) is 37.8 Å². The predicted octanol–water partition coefficient (Wildman–Crippen LogP) is 4.39. The van der Waals surface area contributed by atoms with E-state index in [4.69, 9.17) is 28.4 Å². The molecule has 232 valence electrons. The van der Waals surface area contributed by atoms with E-state index < -0.39 is 0 Å². The highest BCUT2D eigenvalue weighted by molar-refractivity contribution is 5.72. The Hall–Kier alpha value is -3.18. The lowest BCUT2D eigenvalue weighted by molar-refractivity contribution is -0.149. The Morgan fingerprint density at radius 1 is 0.690 bits per heavy atom. The van der Waals surface area contributed by atoms with Crippen LogP contribution in [0, 0.1) is 0 Å². The van der Waals surface area contributed by atoms with Crippen molar-refractivity contribution in [1.29, 1.82) is 0 Å². The van der Waals surface area contributed by atoms with Crippen molar-refractivity contribution in [3.63, 3.8) is 0 Å². The van der Waals surface area contributed by atoms with Crippen LogP contribution in [0.25, 0.3) is 0 Å². The molecule has 0 N–H and O–H groups in total. The standard InChI is InChI=1S/C32H46N2O8/c1-5-39-31(35)21-33(19-25-13-7-11-17-29(25)41-23-37-3)27-15-9-10-16-28(27)34(22-32(36)40-6-2)20-26-14-8-12-18-30(26)42-24-38-4/h7-8,11-14,17-18,27-28H,5-6,9-10,15-16,19-24H2,1-4H3. The monoisotopic (exact) mass is 586 g/mol. The molecule has 2 aromatic rings. The zero-order valence-electron chi connectivity index (χ0n) is 25.4. The van der Waals surface area contributed by atoms with Crippen LogP contribution in [0.3, 0.4) is 0 Å². The van der Waals surface area contributed by atoms with Crippen LogP contribution >= 0.6 is 0 Å². The fraction of sp³-hybridized carbons (Fsp3) is 0.562. The van der Waals surface area contributed by atoms with Crippen LogP contribution in [-0.2, 0) is 41.6 Å². The number of hydrogen-bond donors (Lipinski definition) is 0. The van der Waals surface area contributed by atoms with Gasteiger partial charge in [0.15, 0.2) is 13.6 Å². The zero-order valence-corrected chi connectivity index (χ0v) is 25.4. The Labute approximate surface area is 249 Å². The molecule has 1 aliphatic carbocycles. The maximum absolute atomic E-state index is 12.9. The molecule has 0 bridgehead atoms. The molecule has 3 rings (SSSR count). The molecule has 0 amide bonds. The van der Waals surface area contributed by atoms with Gasteiger partial charge in [-0.15, -0.1) is 0 Å². The summed E-state index contributed by atoms with van der Waals surface area (Å²) in [6.45, 7) is 5.66. The van der Waals surface area contributed by atoms with Crippen molar-refractivity contribution in [2.24, 2.45) is 0 Å². The lowest BCUT2D eigenvalue weighted by Crippen LogP contribution is -2.55. The van der Waals surface area contributed by atoms with Crippen molar-refractivity contribution in [2.45, 2.75) is 64.7 Å². The molecule has 42 heavy (non-hydrogen) atoms. The molecule has 0 heterocycles. The number of esters is 2. The second kappa shape index (κ2) is 18.4. The third kappa shape index (κ3) is 10.3. The van der Waals surface area contributed by atoms with Gasteiger partial charge in [0, 0.05) is 50.5 Å². The summed E-state index contributed by atoms with van der Waals surface area (Å²) in [4.78, 5) is 30.1. The highest BCUT2D eigenvalue weighted by atomic mass is 16.7. The molecule has 0 aromatic heterocycles. The number of carbonyl (C=O) groups is 2. The molecule has 10 heteroatoms. The van der Waals surface area contributed by atoms with Crippen molar-refractivity contribution in [3.05, 3.63) is 59.7 Å². The number of hydrogen-bond acceptors (Lipinski definition) is 10. The van der Waals surface area contributed by atoms with Crippen LogP contribution in [0.5, 0.6) is 11.5 Å². The van der Waals surface area contributed by atoms with Gasteiger partial charge in [0.1, 0.15) is 11.5 Å². The topological polar surface area (TPSA) is 96.0 Å². The number of carbonyl (C=O) groups excluding carboxylic acids is 2. The largest absolute Gasteiger partial charge is 0.467 e. The van der Waals surface area contributed by atoms with E-state index in [2.05, 4.69) is 9.80 Å². The summed E-state index contributed by atoms with van der Waals surface area (Å²) in [7, 11) is 3.16. The number of nitrogens with zero attached hydrogens (tertiary/aromatic N) is 2. The number of ether oxygens (including phenoxy) is 6. The highest BCUT2D eigenvalue weighted by Crippen LogP contribution is 2.32. The second-order valence-electron chi connectivity index (χ2n) is 10.2. The minimum atomic E-state index is -0.285. The Morgan fingerprint density at radius 3 is 1.48 bits per heavy atom. The van der Waals surface area contributed by atoms with Gasteiger partial charge in [0.2, 0.25) is 0 Å². The molecule has 2 unspecified atom stereocenters. The second-order valence-corrected chi connectivity index (χ2v) is 10.2. The molecular formula is C32H46N2O8. The molecule has 0 spiro atoms. The smallest absolute Gasteiger partial charge is 0.320 e. The SMILES string of the molecule is CCOC(=O)CN(Cc1ccccc1OCOC)C1CCCCC1N(CC(=O)OCC)Cc1ccccc1OCOC. The molecule has 2 atom stereocenters. The zero-order chi connectivity index (χ0) is 30.2. The van der Waals surface area contributed by atoms with Gasteiger partial charge in [-0.25, -0.2) is 0 Å². The van der Waals surface area contributed by atoms with Gasteiger partial charge in [0.05, 0.1) is 26.3 Å². The Morgan fingerprint density at radius 2 is 1.10 bits per heavy atom.